The van der Waals surface area contributed by atoms with Crippen molar-refractivity contribution >= 4 is 11.3 Å². The SMILES string of the molecule is COCCCN(C)Cc1csc(CNC(C)C)n1. The summed E-state index contributed by atoms with van der Waals surface area (Å²) in [6.45, 7) is 7.96. The number of nitrogens with one attached hydrogen (secondary N) is 1. The molecule has 0 amide bonds. The maximum absolute atomic E-state index is 5.05. The molecule has 18 heavy (non-hydrogen) atoms. The molecule has 0 fully saturated rings. The molecular formula is C13H25N3OS. The number of rotatable bonds is 9. The van der Waals surface area contributed by atoms with Crippen LogP contribution in [0.4, 0.5) is 0 Å². The molecule has 0 atom stereocenters. The molecule has 0 unspecified atom stereocenters. The standard InChI is InChI=1S/C13H25N3OS/c1-11(2)14-8-13-15-12(10-18-13)9-16(3)6-5-7-17-4/h10-11,14H,5-9H2,1-4H3. The molecule has 0 bridgehead atoms. The minimum absolute atomic E-state index is 0.508. The zero-order chi connectivity index (χ0) is 13.4. The average molecular weight is 271 g/mol. The van der Waals surface area contributed by atoms with E-state index in [0.717, 1.165) is 32.7 Å². The minimum Gasteiger partial charge on any atom is -0.385 e. The van der Waals surface area contributed by atoms with Crippen molar-refractivity contribution < 1.29 is 4.74 Å². The van der Waals surface area contributed by atoms with Crippen molar-refractivity contribution in [3.8, 4) is 0 Å². The van der Waals surface area contributed by atoms with E-state index in [-0.39, 0.29) is 0 Å². The molecule has 1 N–H and O–H groups in total. The van der Waals surface area contributed by atoms with Crippen LogP contribution in [-0.4, -0.2) is 43.2 Å². The number of ether oxygens (including phenoxy) is 1. The van der Waals surface area contributed by atoms with Gasteiger partial charge in [0.2, 0.25) is 0 Å². The van der Waals surface area contributed by atoms with E-state index in [9.17, 15) is 0 Å². The molecule has 0 spiro atoms. The third-order valence-corrected chi connectivity index (χ3v) is 3.48. The van der Waals surface area contributed by atoms with E-state index in [4.69, 9.17) is 4.74 Å². The summed E-state index contributed by atoms with van der Waals surface area (Å²) in [5.74, 6) is 0. The van der Waals surface area contributed by atoms with Crippen LogP contribution in [0.3, 0.4) is 0 Å². The fourth-order valence-corrected chi connectivity index (χ4v) is 2.36. The minimum atomic E-state index is 0.508. The van der Waals surface area contributed by atoms with Gasteiger partial charge in [-0.25, -0.2) is 4.98 Å². The maximum Gasteiger partial charge on any atom is 0.107 e. The summed E-state index contributed by atoms with van der Waals surface area (Å²) in [6.07, 6.45) is 1.07. The number of hydrogen-bond acceptors (Lipinski definition) is 5. The summed E-state index contributed by atoms with van der Waals surface area (Å²) in [6, 6.07) is 0.508. The lowest BCUT2D eigenvalue weighted by Gasteiger charge is -2.14. The largest absolute Gasteiger partial charge is 0.385 e. The molecule has 0 aliphatic carbocycles. The predicted molar refractivity (Wildman–Crippen MR) is 76.9 cm³/mol. The van der Waals surface area contributed by atoms with Gasteiger partial charge in [0.1, 0.15) is 5.01 Å². The van der Waals surface area contributed by atoms with E-state index < -0.39 is 0 Å². The average Bonchev–Trinajstić information content (AvgIpc) is 2.74. The first-order valence-corrected chi connectivity index (χ1v) is 7.34. The predicted octanol–water partition coefficient (Wildman–Crippen LogP) is 2.11. The van der Waals surface area contributed by atoms with Crippen LogP contribution in [0.5, 0.6) is 0 Å². The number of methoxy groups -OCH3 is 1. The fraction of sp³-hybridized carbons (Fsp3) is 0.769. The van der Waals surface area contributed by atoms with E-state index in [1.807, 2.05) is 0 Å². The van der Waals surface area contributed by atoms with Crippen LogP contribution >= 0.6 is 11.3 Å². The van der Waals surface area contributed by atoms with E-state index in [2.05, 4.69) is 41.5 Å². The highest BCUT2D eigenvalue weighted by Crippen LogP contribution is 2.11. The second-order valence-corrected chi connectivity index (χ2v) is 5.79. The van der Waals surface area contributed by atoms with Gasteiger partial charge >= 0.3 is 0 Å². The highest BCUT2D eigenvalue weighted by Gasteiger charge is 2.05. The maximum atomic E-state index is 5.05. The lowest BCUT2D eigenvalue weighted by atomic mass is 10.3. The zero-order valence-corrected chi connectivity index (χ0v) is 12.7. The van der Waals surface area contributed by atoms with Crippen LogP contribution in [-0.2, 0) is 17.8 Å². The Labute approximate surface area is 114 Å². The van der Waals surface area contributed by atoms with Crippen molar-refractivity contribution in [3.63, 3.8) is 0 Å². The van der Waals surface area contributed by atoms with Gasteiger partial charge in [-0.2, -0.15) is 0 Å². The molecule has 1 heterocycles. The molecule has 5 heteroatoms. The topological polar surface area (TPSA) is 37.4 Å². The van der Waals surface area contributed by atoms with Gasteiger partial charge in [-0.3, -0.25) is 0 Å². The van der Waals surface area contributed by atoms with Gasteiger partial charge in [0.15, 0.2) is 0 Å². The summed E-state index contributed by atoms with van der Waals surface area (Å²) in [5, 5.41) is 6.72. The number of aromatic nitrogens is 1. The van der Waals surface area contributed by atoms with Crippen molar-refractivity contribution in [2.45, 2.75) is 39.4 Å². The fourth-order valence-electron chi connectivity index (χ4n) is 1.63. The molecule has 0 aliphatic rings. The van der Waals surface area contributed by atoms with Crippen molar-refractivity contribution in [1.29, 1.82) is 0 Å². The lowest BCUT2D eigenvalue weighted by molar-refractivity contribution is 0.178. The molecule has 1 rings (SSSR count). The number of hydrogen-bond donors (Lipinski definition) is 1. The van der Waals surface area contributed by atoms with Crippen molar-refractivity contribution in [3.05, 3.63) is 16.1 Å². The van der Waals surface area contributed by atoms with Crippen LogP contribution in [0.2, 0.25) is 0 Å². The molecule has 0 saturated carbocycles. The Morgan fingerprint density at radius 1 is 1.50 bits per heavy atom. The van der Waals surface area contributed by atoms with Gasteiger partial charge in [-0.15, -0.1) is 11.3 Å². The number of nitrogens with zero attached hydrogens (tertiary/aromatic N) is 2. The Morgan fingerprint density at radius 3 is 2.94 bits per heavy atom. The molecule has 1 aromatic rings. The summed E-state index contributed by atoms with van der Waals surface area (Å²) in [4.78, 5) is 6.92. The van der Waals surface area contributed by atoms with Gasteiger partial charge < -0.3 is 15.0 Å². The van der Waals surface area contributed by atoms with Gasteiger partial charge in [-0.1, -0.05) is 13.8 Å². The summed E-state index contributed by atoms with van der Waals surface area (Å²) in [7, 11) is 3.87. The van der Waals surface area contributed by atoms with Gasteiger partial charge in [-0.05, 0) is 13.5 Å². The smallest absolute Gasteiger partial charge is 0.107 e. The first-order valence-electron chi connectivity index (χ1n) is 6.46. The van der Waals surface area contributed by atoms with Crippen molar-refractivity contribution in [2.24, 2.45) is 0 Å². The summed E-state index contributed by atoms with van der Waals surface area (Å²) < 4.78 is 5.05. The van der Waals surface area contributed by atoms with E-state index in [1.54, 1.807) is 18.4 Å². The van der Waals surface area contributed by atoms with Gasteiger partial charge in [0.05, 0.1) is 5.69 Å². The molecule has 4 nitrogen and oxygen atoms in total. The third-order valence-electron chi connectivity index (χ3n) is 2.58. The van der Waals surface area contributed by atoms with Crippen LogP contribution in [0, 0.1) is 0 Å². The van der Waals surface area contributed by atoms with Crippen LogP contribution in [0.15, 0.2) is 5.38 Å². The Morgan fingerprint density at radius 2 is 2.28 bits per heavy atom. The second kappa shape index (κ2) is 8.58. The normalized spacial score (nSPS) is 11.7. The second-order valence-electron chi connectivity index (χ2n) is 4.85. The third kappa shape index (κ3) is 6.44. The van der Waals surface area contributed by atoms with Crippen LogP contribution < -0.4 is 5.32 Å². The van der Waals surface area contributed by atoms with E-state index >= 15 is 0 Å². The Kier molecular flexibility index (Phi) is 7.42. The van der Waals surface area contributed by atoms with Crippen molar-refractivity contribution in [1.82, 2.24) is 15.2 Å². The molecule has 0 aliphatic heterocycles. The first-order chi connectivity index (χ1) is 8.61. The molecule has 0 radical (unpaired) electrons. The summed E-state index contributed by atoms with van der Waals surface area (Å²) in [5.41, 5.74) is 1.17. The molecule has 0 aromatic carbocycles. The summed E-state index contributed by atoms with van der Waals surface area (Å²) >= 11 is 1.74. The molecule has 1 aromatic heterocycles. The quantitative estimate of drug-likeness (QED) is 0.698. The highest BCUT2D eigenvalue weighted by atomic mass is 32.1. The Bertz CT molecular complexity index is 328. The zero-order valence-electron chi connectivity index (χ0n) is 11.9. The molecule has 0 saturated heterocycles. The van der Waals surface area contributed by atoms with Gasteiger partial charge in [0, 0.05) is 44.8 Å². The van der Waals surface area contributed by atoms with Crippen molar-refractivity contribution in [2.75, 3.05) is 27.3 Å². The Balaban J connectivity index is 2.29. The van der Waals surface area contributed by atoms with E-state index in [0.29, 0.717) is 6.04 Å². The monoisotopic (exact) mass is 271 g/mol. The van der Waals surface area contributed by atoms with Crippen LogP contribution in [0.25, 0.3) is 0 Å². The molecular weight excluding hydrogens is 246 g/mol. The van der Waals surface area contributed by atoms with Crippen LogP contribution in [0.1, 0.15) is 31.0 Å². The van der Waals surface area contributed by atoms with E-state index in [1.165, 1.54) is 10.7 Å². The first kappa shape index (κ1) is 15.6. The Hall–Kier alpha value is -0.490. The number of thiazole rings is 1. The highest BCUT2D eigenvalue weighted by molar-refractivity contribution is 7.09. The lowest BCUT2D eigenvalue weighted by Crippen LogP contribution is -2.22. The molecule has 104 valence electrons. The van der Waals surface area contributed by atoms with Gasteiger partial charge in [0.25, 0.3) is 0 Å².